The highest BCUT2D eigenvalue weighted by atomic mass is 35.5. The zero-order valence-corrected chi connectivity index (χ0v) is 14.1. The van der Waals surface area contributed by atoms with E-state index in [0.29, 0.717) is 23.7 Å². The van der Waals surface area contributed by atoms with Crippen LogP contribution in [0.5, 0.6) is 0 Å². The highest BCUT2D eigenvalue weighted by molar-refractivity contribution is 6.30. The molecule has 24 heavy (non-hydrogen) atoms. The van der Waals surface area contributed by atoms with Gasteiger partial charge in [-0.05, 0) is 42.9 Å². The van der Waals surface area contributed by atoms with Gasteiger partial charge in [0.05, 0.1) is 6.42 Å². The van der Waals surface area contributed by atoms with Crippen molar-refractivity contribution in [1.29, 1.82) is 0 Å². The molecule has 0 unspecified atom stereocenters. The number of halogens is 1. The van der Waals surface area contributed by atoms with E-state index in [-0.39, 0.29) is 18.2 Å². The van der Waals surface area contributed by atoms with Gasteiger partial charge in [-0.3, -0.25) is 4.79 Å². The molecule has 2 aromatic rings. The van der Waals surface area contributed by atoms with Gasteiger partial charge in [-0.1, -0.05) is 41.7 Å². The van der Waals surface area contributed by atoms with Gasteiger partial charge in [0.1, 0.15) is 0 Å². The van der Waals surface area contributed by atoms with Crippen LogP contribution in [-0.4, -0.2) is 22.1 Å². The first kappa shape index (κ1) is 15.6. The fourth-order valence-corrected chi connectivity index (χ4v) is 3.65. The molecule has 1 aromatic carbocycles. The molecule has 5 nitrogen and oxygen atoms in total. The van der Waals surface area contributed by atoms with Crippen LogP contribution >= 0.6 is 11.6 Å². The molecular weight excluding hydrogens is 326 g/mol. The van der Waals surface area contributed by atoms with Gasteiger partial charge in [0.25, 0.3) is 0 Å². The zero-order chi connectivity index (χ0) is 16.5. The molecule has 0 spiro atoms. The summed E-state index contributed by atoms with van der Waals surface area (Å²) in [5.41, 5.74) is 1.24. The maximum Gasteiger partial charge on any atom is 0.230 e. The molecule has 2 saturated carbocycles. The minimum atomic E-state index is -0.0145. The van der Waals surface area contributed by atoms with Gasteiger partial charge in [-0.2, -0.15) is 4.98 Å². The summed E-state index contributed by atoms with van der Waals surface area (Å²) >= 11 is 5.92. The first-order chi connectivity index (χ1) is 11.7. The Hall–Kier alpha value is -1.88. The van der Waals surface area contributed by atoms with Crippen LogP contribution in [0.15, 0.2) is 28.8 Å². The normalized spacial score (nSPS) is 23.4. The number of amides is 1. The second-order valence-electron chi connectivity index (χ2n) is 6.77. The summed E-state index contributed by atoms with van der Waals surface area (Å²) < 4.78 is 5.37. The van der Waals surface area contributed by atoms with Crippen LogP contribution in [0.25, 0.3) is 0 Å². The maximum absolute atomic E-state index is 12.0. The number of aromatic nitrogens is 2. The summed E-state index contributed by atoms with van der Waals surface area (Å²) in [4.78, 5) is 16.5. The third-order valence-corrected chi connectivity index (χ3v) is 5.18. The molecule has 2 aliphatic rings. The van der Waals surface area contributed by atoms with Crippen molar-refractivity contribution in [2.45, 2.75) is 56.4 Å². The number of hydrogen-bond donors (Lipinski definition) is 1. The standard InChI is InChI=1S/C18H20ClN3O2/c19-12-7-5-11(6-8-12)14-9-15(14)18-21-16(22-24-18)10-17(23)20-13-3-1-2-4-13/h5-8,13-15H,1-4,9-10H2,(H,20,23)/t14-,15-/m0/s1. The molecule has 2 fully saturated rings. The Kier molecular flexibility index (Phi) is 4.27. The van der Waals surface area contributed by atoms with Crippen molar-refractivity contribution in [3.05, 3.63) is 46.6 Å². The maximum atomic E-state index is 12.0. The molecule has 0 radical (unpaired) electrons. The molecule has 1 amide bonds. The lowest BCUT2D eigenvalue weighted by molar-refractivity contribution is -0.121. The largest absolute Gasteiger partial charge is 0.353 e. The van der Waals surface area contributed by atoms with E-state index in [1.54, 1.807) is 0 Å². The highest BCUT2D eigenvalue weighted by Gasteiger charge is 2.43. The van der Waals surface area contributed by atoms with Crippen LogP contribution in [0.4, 0.5) is 0 Å². The number of nitrogens with one attached hydrogen (secondary N) is 1. The van der Waals surface area contributed by atoms with Crippen molar-refractivity contribution in [3.63, 3.8) is 0 Å². The van der Waals surface area contributed by atoms with Gasteiger partial charge >= 0.3 is 0 Å². The van der Waals surface area contributed by atoms with Crippen molar-refractivity contribution in [2.24, 2.45) is 0 Å². The van der Waals surface area contributed by atoms with Crippen molar-refractivity contribution in [3.8, 4) is 0 Å². The third-order valence-electron chi connectivity index (χ3n) is 4.93. The monoisotopic (exact) mass is 345 g/mol. The van der Waals surface area contributed by atoms with Crippen LogP contribution in [0, 0.1) is 0 Å². The molecule has 2 aliphatic carbocycles. The summed E-state index contributed by atoms with van der Waals surface area (Å²) in [7, 11) is 0. The van der Waals surface area contributed by atoms with E-state index in [1.165, 1.54) is 18.4 Å². The Balaban J connectivity index is 1.33. The Labute approximate surface area is 145 Å². The van der Waals surface area contributed by atoms with Gasteiger partial charge in [-0.25, -0.2) is 0 Å². The molecule has 4 rings (SSSR count). The van der Waals surface area contributed by atoms with Crippen molar-refractivity contribution >= 4 is 17.5 Å². The van der Waals surface area contributed by atoms with Gasteiger partial charge in [0.2, 0.25) is 11.8 Å². The quantitative estimate of drug-likeness (QED) is 0.899. The lowest BCUT2D eigenvalue weighted by atomic mass is 10.1. The van der Waals surface area contributed by atoms with Crippen LogP contribution < -0.4 is 5.32 Å². The van der Waals surface area contributed by atoms with E-state index in [1.807, 2.05) is 24.3 Å². The Morgan fingerprint density at radius 1 is 1.21 bits per heavy atom. The smallest absolute Gasteiger partial charge is 0.230 e. The van der Waals surface area contributed by atoms with Crippen LogP contribution in [0.2, 0.25) is 5.02 Å². The number of nitrogens with zero attached hydrogens (tertiary/aromatic N) is 2. The summed E-state index contributed by atoms with van der Waals surface area (Å²) in [6, 6.07) is 8.21. The molecule has 2 atom stereocenters. The number of carbonyl (C=O) groups excluding carboxylic acids is 1. The highest BCUT2D eigenvalue weighted by Crippen LogP contribution is 2.54. The molecule has 0 saturated heterocycles. The van der Waals surface area contributed by atoms with Gasteiger partial charge < -0.3 is 9.84 Å². The molecule has 0 aliphatic heterocycles. The van der Waals surface area contributed by atoms with Gasteiger partial charge in [0, 0.05) is 17.0 Å². The van der Waals surface area contributed by atoms with E-state index >= 15 is 0 Å². The summed E-state index contributed by atoms with van der Waals surface area (Å²) in [6.45, 7) is 0. The van der Waals surface area contributed by atoms with Crippen LogP contribution in [0.3, 0.4) is 0 Å². The van der Waals surface area contributed by atoms with E-state index in [2.05, 4.69) is 15.5 Å². The van der Waals surface area contributed by atoms with Crippen molar-refractivity contribution < 1.29 is 9.32 Å². The number of carbonyl (C=O) groups is 1. The molecule has 1 aromatic heterocycles. The Bertz CT molecular complexity index is 722. The van der Waals surface area contributed by atoms with E-state index in [4.69, 9.17) is 16.1 Å². The average Bonchev–Trinajstić information content (AvgIpc) is 2.96. The third kappa shape index (κ3) is 3.46. The predicted octanol–water partition coefficient (Wildman–Crippen LogP) is 3.60. The molecule has 1 N–H and O–H groups in total. The van der Waals surface area contributed by atoms with Crippen molar-refractivity contribution in [2.75, 3.05) is 0 Å². The van der Waals surface area contributed by atoms with E-state index in [9.17, 15) is 4.79 Å². The molecule has 1 heterocycles. The number of rotatable bonds is 5. The fourth-order valence-electron chi connectivity index (χ4n) is 3.53. The van der Waals surface area contributed by atoms with E-state index in [0.717, 1.165) is 24.3 Å². The SMILES string of the molecule is O=C(Cc1noc([C@H]2C[C@H]2c2ccc(Cl)cc2)n1)NC1CCCC1. The first-order valence-corrected chi connectivity index (χ1v) is 8.94. The topological polar surface area (TPSA) is 68.0 Å². The summed E-state index contributed by atoms with van der Waals surface area (Å²) in [6.07, 6.45) is 5.74. The van der Waals surface area contributed by atoms with Gasteiger partial charge in [-0.15, -0.1) is 0 Å². The minimum absolute atomic E-state index is 0.0145. The van der Waals surface area contributed by atoms with Gasteiger partial charge in [0.15, 0.2) is 5.82 Å². The minimum Gasteiger partial charge on any atom is -0.353 e. The van der Waals surface area contributed by atoms with Crippen molar-refractivity contribution in [1.82, 2.24) is 15.5 Å². The summed E-state index contributed by atoms with van der Waals surface area (Å²) in [5.74, 6) is 1.76. The molecular formula is C18H20ClN3O2. The molecule has 6 heteroatoms. The molecule has 126 valence electrons. The zero-order valence-electron chi connectivity index (χ0n) is 13.4. The summed E-state index contributed by atoms with van der Waals surface area (Å²) in [5, 5.41) is 7.75. The van der Waals surface area contributed by atoms with E-state index < -0.39 is 0 Å². The first-order valence-electron chi connectivity index (χ1n) is 8.56. The van der Waals surface area contributed by atoms with Crippen LogP contribution in [-0.2, 0) is 11.2 Å². The Morgan fingerprint density at radius 2 is 1.96 bits per heavy atom. The fraction of sp³-hybridized carbons (Fsp3) is 0.500. The second-order valence-corrected chi connectivity index (χ2v) is 7.21. The lowest BCUT2D eigenvalue weighted by Crippen LogP contribution is -2.33. The number of benzene rings is 1. The Morgan fingerprint density at radius 3 is 2.71 bits per heavy atom. The lowest BCUT2D eigenvalue weighted by Gasteiger charge is -2.10. The second kappa shape index (κ2) is 6.55. The number of hydrogen-bond acceptors (Lipinski definition) is 4. The molecule has 0 bridgehead atoms. The van der Waals surface area contributed by atoms with Crippen LogP contribution in [0.1, 0.15) is 61.2 Å². The predicted molar refractivity (Wildman–Crippen MR) is 90.0 cm³/mol. The average molecular weight is 346 g/mol.